The minimum Gasteiger partial charge on any atom is -0.316 e. The maximum Gasteiger partial charge on any atom is 0.333 e. The second kappa shape index (κ2) is 14.1. The van der Waals surface area contributed by atoms with Gasteiger partial charge < -0.3 is 20.4 Å². The van der Waals surface area contributed by atoms with Crippen LogP contribution in [0.4, 0.5) is 10.5 Å². The van der Waals surface area contributed by atoms with Crippen molar-refractivity contribution in [3.8, 4) is 0 Å². The Morgan fingerprint density at radius 1 is 0.886 bits per heavy atom. The van der Waals surface area contributed by atoms with E-state index >= 15 is 0 Å². The molecule has 0 aromatic heterocycles. The number of fused-ring (bicyclic) bond motifs is 2. The zero-order valence-electron chi connectivity index (χ0n) is 22.5. The van der Waals surface area contributed by atoms with Gasteiger partial charge in [0.25, 0.3) is 0 Å². The first-order chi connectivity index (χ1) is 16.6. The number of aryl methyl sites for hydroxylation is 2. The molecule has 0 heterocycles. The third-order valence-corrected chi connectivity index (χ3v) is 7.97. The van der Waals surface area contributed by atoms with E-state index in [-0.39, 0.29) is 0 Å². The Labute approximate surface area is 212 Å². The van der Waals surface area contributed by atoms with Gasteiger partial charge in [-0.05, 0) is 95.5 Å². The number of carbonyl (C=O) groups is 1. The Morgan fingerprint density at radius 3 is 1.94 bits per heavy atom. The number of likely N-dealkylation sites (N-methyl/N-ethyl adjacent to an activating group) is 4. The molecule has 0 unspecified atom stereocenters. The summed E-state index contributed by atoms with van der Waals surface area (Å²) in [6.07, 6.45) is 6.11. The van der Waals surface area contributed by atoms with Gasteiger partial charge in [0.2, 0.25) is 0 Å². The predicted octanol–water partition coefficient (Wildman–Crippen LogP) is 2.07. The van der Waals surface area contributed by atoms with Crippen LogP contribution in [0.5, 0.6) is 0 Å². The van der Waals surface area contributed by atoms with Crippen LogP contribution in [0.1, 0.15) is 48.9 Å². The molecule has 1 aromatic carbocycles. The molecule has 200 valence electrons. The molecule has 0 saturated carbocycles. The third kappa shape index (κ3) is 9.02. The van der Waals surface area contributed by atoms with Crippen LogP contribution in [0, 0.1) is 0 Å². The Morgan fingerprint density at radius 2 is 1.46 bits per heavy atom. The van der Waals surface area contributed by atoms with Crippen molar-refractivity contribution in [3.63, 3.8) is 0 Å². The summed E-state index contributed by atoms with van der Waals surface area (Å²) >= 11 is 0. The molecular weight excluding hydrogens is 464 g/mol. The van der Waals surface area contributed by atoms with Gasteiger partial charge in [-0.2, -0.15) is 12.7 Å². The molecule has 0 spiro atoms. The van der Waals surface area contributed by atoms with Crippen molar-refractivity contribution in [2.75, 3.05) is 72.8 Å². The summed E-state index contributed by atoms with van der Waals surface area (Å²) in [7, 11) is 4.06. The number of urea groups is 1. The Kier molecular flexibility index (Phi) is 11.9. The number of anilines is 1. The minimum absolute atomic E-state index is 0.312. The number of hydrogen-bond acceptors (Lipinski definition) is 6. The summed E-state index contributed by atoms with van der Waals surface area (Å²) in [5.74, 6) is 0. The second-order valence-electron chi connectivity index (χ2n) is 9.75. The van der Waals surface area contributed by atoms with Crippen molar-refractivity contribution >= 4 is 21.9 Å². The highest BCUT2D eigenvalue weighted by Crippen LogP contribution is 2.38. The summed E-state index contributed by atoms with van der Waals surface area (Å²) in [4.78, 5) is 16.6. The van der Waals surface area contributed by atoms with Crippen LogP contribution in [-0.2, 0) is 35.9 Å². The van der Waals surface area contributed by atoms with Gasteiger partial charge in [-0.25, -0.2) is 9.52 Å². The highest BCUT2D eigenvalue weighted by atomic mass is 32.2. The molecule has 3 rings (SSSR count). The molecule has 35 heavy (non-hydrogen) atoms. The number of hydrogen-bond donors (Lipinski definition) is 3. The van der Waals surface area contributed by atoms with Crippen molar-refractivity contribution < 1.29 is 13.2 Å². The van der Waals surface area contributed by atoms with Crippen molar-refractivity contribution in [1.29, 1.82) is 0 Å². The summed E-state index contributed by atoms with van der Waals surface area (Å²) < 4.78 is 28.6. The molecule has 2 amide bonds. The fourth-order valence-corrected chi connectivity index (χ4v) is 5.60. The highest BCUT2D eigenvalue weighted by molar-refractivity contribution is 7.87. The lowest BCUT2D eigenvalue weighted by Crippen LogP contribution is -2.47. The maximum absolute atomic E-state index is 12.6. The van der Waals surface area contributed by atoms with Gasteiger partial charge in [0, 0.05) is 38.4 Å². The molecule has 1 aromatic rings. The molecule has 0 radical (unpaired) electrons. The third-order valence-electron chi connectivity index (χ3n) is 6.41. The van der Waals surface area contributed by atoms with Crippen LogP contribution in [0.2, 0.25) is 0 Å². The Balaban J connectivity index is 0.000000466. The van der Waals surface area contributed by atoms with Crippen molar-refractivity contribution in [3.05, 3.63) is 28.3 Å². The number of amides is 2. The van der Waals surface area contributed by atoms with Gasteiger partial charge in [-0.1, -0.05) is 19.9 Å². The molecule has 0 aliphatic heterocycles. The van der Waals surface area contributed by atoms with Crippen LogP contribution < -0.4 is 15.4 Å². The first kappa shape index (κ1) is 29.5. The smallest absolute Gasteiger partial charge is 0.316 e. The molecule has 0 atom stereocenters. The Bertz CT molecular complexity index is 901. The van der Waals surface area contributed by atoms with Crippen LogP contribution >= 0.6 is 0 Å². The monoisotopic (exact) mass is 510 g/mol. The molecule has 0 bridgehead atoms. The largest absolute Gasteiger partial charge is 0.333 e. The first-order valence-corrected chi connectivity index (χ1v) is 14.3. The van der Waals surface area contributed by atoms with E-state index in [1.165, 1.54) is 26.6 Å². The molecule has 2 aliphatic carbocycles. The van der Waals surface area contributed by atoms with Gasteiger partial charge in [0.15, 0.2) is 0 Å². The van der Waals surface area contributed by atoms with Gasteiger partial charge in [0.1, 0.15) is 0 Å². The van der Waals surface area contributed by atoms with Crippen LogP contribution in [0.25, 0.3) is 0 Å². The van der Waals surface area contributed by atoms with E-state index in [9.17, 15) is 13.2 Å². The summed E-state index contributed by atoms with van der Waals surface area (Å²) in [6, 6.07) is 1.61. The maximum atomic E-state index is 12.6. The lowest BCUT2D eigenvalue weighted by molar-refractivity contribution is 0.255. The van der Waals surface area contributed by atoms with E-state index < -0.39 is 16.2 Å². The van der Waals surface area contributed by atoms with E-state index in [0.29, 0.717) is 19.6 Å². The summed E-state index contributed by atoms with van der Waals surface area (Å²) in [6.45, 7) is 8.44. The molecule has 0 fully saturated rings. The van der Waals surface area contributed by atoms with Crippen LogP contribution in [0.15, 0.2) is 6.07 Å². The van der Waals surface area contributed by atoms with Gasteiger partial charge in [-0.15, -0.1) is 0 Å². The number of nitrogens with zero attached hydrogens (tertiary/aromatic N) is 3. The van der Waals surface area contributed by atoms with Crippen LogP contribution in [0.3, 0.4) is 0 Å². The van der Waals surface area contributed by atoms with E-state index in [1.807, 2.05) is 19.0 Å². The van der Waals surface area contributed by atoms with Crippen LogP contribution in [-0.4, -0.2) is 96.0 Å². The van der Waals surface area contributed by atoms with E-state index in [0.717, 1.165) is 63.8 Å². The zero-order chi connectivity index (χ0) is 26.0. The summed E-state index contributed by atoms with van der Waals surface area (Å²) in [5.41, 5.74) is 5.82. The highest BCUT2D eigenvalue weighted by Gasteiger charge is 2.27. The minimum atomic E-state index is -3.87. The fraction of sp³-hybridized carbons (Fsp3) is 0.720. The molecule has 9 nitrogen and oxygen atoms in total. The standard InChI is InChI=1S/C19H30N4O3S.C6H16N2/c1-4-23(12-11-22(2)3)27(25,26)21-19(24)20-18-16-9-5-7-14(16)13-15-8-6-10-17(15)18;1-4-7-5-6-8(2)3/h13H,4-12H2,1-3H3,(H2,20,21,24);7H,4-6H2,1-3H3. The van der Waals surface area contributed by atoms with Gasteiger partial charge >= 0.3 is 16.2 Å². The molecular formula is C25H46N6O3S. The molecule has 0 saturated heterocycles. The number of benzene rings is 1. The average molecular weight is 511 g/mol. The quantitative estimate of drug-likeness (QED) is 0.395. The number of carbonyl (C=O) groups excluding carboxylic acids is 1. The zero-order valence-corrected chi connectivity index (χ0v) is 23.4. The number of rotatable bonds is 11. The second-order valence-corrected chi connectivity index (χ2v) is 11.4. The first-order valence-electron chi connectivity index (χ1n) is 12.8. The van der Waals surface area contributed by atoms with E-state index in [1.54, 1.807) is 6.92 Å². The molecule has 3 N–H and O–H groups in total. The molecule has 2 aliphatic rings. The Hall–Kier alpha value is -1.72. The predicted molar refractivity (Wildman–Crippen MR) is 144 cm³/mol. The van der Waals surface area contributed by atoms with Crippen molar-refractivity contribution in [2.24, 2.45) is 0 Å². The molecule has 10 heteroatoms. The van der Waals surface area contributed by atoms with Gasteiger partial charge in [-0.3, -0.25) is 0 Å². The average Bonchev–Trinajstić information content (AvgIpc) is 3.43. The van der Waals surface area contributed by atoms with Crippen molar-refractivity contribution in [2.45, 2.75) is 52.4 Å². The van der Waals surface area contributed by atoms with Gasteiger partial charge in [0.05, 0.1) is 0 Å². The topological polar surface area (TPSA) is 97.0 Å². The van der Waals surface area contributed by atoms with E-state index in [2.05, 4.69) is 47.3 Å². The fourth-order valence-electron chi connectivity index (χ4n) is 4.53. The lowest BCUT2D eigenvalue weighted by Gasteiger charge is -2.23. The van der Waals surface area contributed by atoms with Crippen molar-refractivity contribution in [1.82, 2.24) is 24.1 Å². The normalized spacial score (nSPS) is 14.7. The SMILES string of the molecule is CCN(CCN(C)C)S(=O)(=O)NC(=O)Nc1c2c(cc3c1CCC3)CCC2.CCNCCN(C)C. The number of nitrogens with one attached hydrogen (secondary N) is 3. The van der Waals surface area contributed by atoms with E-state index in [4.69, 9.17) is 0 Å². The summed E-state index contributed by atoms with van der Waals surface area (Å²) in [5, 5.41) is 6.11. The lowest BCUT2D eigenvalue weighted by atomic mass is 9.99.